The summed E-state index contributed by atoms with van der Waals surface area (Å²) in [5.74, 6) is 1.69. The number of ether oxygens (including phenoxy) is 2. The summed E-state index contributed by atoms with van der Waals surface area (Å²) in [4.78, 5) is 2.43. The molecule has 1 atom stereocenters. The lowest BCUT2D eigenvalue weighted by molar-refractivity contribution is 0.173. The average Bonchev–Trinajstić information content (AvgIpc) is 2.92. The standard InChI is InChI=1S/C16H26N2O2/c1-4-18(5-2)11-16(3,10-17)9-13-6-7-14-15(8-13)20-12-19-14/h6-8H,4-5,9-12,17H2,1-3H3. The molecule has 0 saturated heterocycles. The van der Waals surface area contributed by atoms with Crippen LogP contribution in [0.1, 0.15) is 26.3 Å². The predicted molar refractivity (Wildman–Crippen MR) is 81.2 cm³/mol. The van der Waals surface area contributed by atoms with Crippen LogP contribution in [0.2, 0.25) is 0 Å². The van der Waals surface area contributed by atoms with Crippen LogP contribution in [-0.4, -0.2) is 37.9 Å². The molecule has 2 rings (SSSR count). The van der Waals surface area contributed by atoms with E-state index in [0.29, 0.717) is 13.3 Å². The highest BCUT2D eigenvalue weighted by Crippen LogP contribution is 2.34. The minimum Gasteiger partial charge on any atom is -0.454 e. The van der Waals surface area contributed by atoms with Gasteiger partial charge in [-0.2, -0.15) is 0 Å². The van der Waals surface area contributed by atoms with Crippen LogP contribution in [-0.2, 0) is 6.42 Å². The summed E-state index contributed by atoms with van der Waals surface area (Å²) in [6, 6.07) is 6.19. The second kappa shape index (κ2) is 6.46. The molecule has 0 fully saturated rings. The average molecular weight is 278 g/mol. The van der Waals surface area contributed by atoms with E-state index >= 15 is 0 Å². The van der Waals surface area contributed by atoms with E-state index in [2.05, 4.69) is 37.8 Å². The highest BCUT2D eigenvalue weighted by molar-refractivity contribution is 5.44. The molecule has 0 aromatic heterocycles. The van der Waals surface area contributed by atoms with Crippen molar-refractivity contribution in [2.75, 3.05) is 33.0 Å². The van der Waals surface area contributed by atoms with Crippen molar-refractivity contribution >= 4 is 0 Å². The van der Waals surface area contributed by atoms with Crippen LogP contribution in [0.3, 0.4) is 0 Å². The van der Waals surface area contributed by atoms with Gasteiger partial charge in [-0.05, 0) is 49.2 Å². The lowest BCUT2D eigenvalue weighted by atomic mass is 9.83. The molecule has 1 aromatic rings. The molecule has 1 aromatic carbocycles. The van der Waals surface area contributed by atoms with Gasteiger partial charge >= 0.3 is 0 Å². The highest BCUT2D eigenvalue weighted by Gasteiger charge is 2.26. The third-order valence-corrected chi connectivity index (χ3v) is 4.06. The Bertz CT molecular complexity index is 446. The van der Waals surface area contributed by atoms with Crippen LogP contribution in [0.15, 0.2) is 18.2 Å². The molecule has 0 saturated carbocycles. The number of nitrogens with two attached hydrogens (primary N) is 1. The minimum absolute atomic E-state index is 0.0831. The molecular formula is C16H26N2O2. The largest absolute Gasteiger partial charge is 0.454 e. The third-order valence-electron chi connectivity index (χ3n) is 4.06. The van der Waals surface area contributed by atoms with Crippen molar-refractivity contribution in [1.29, 1.82) is 0 Å². The Morgan fingerprint density at radius 2 is 1.90 bits per heavy atom. The Morgan fingerprint density at radius 1 is 1.20 bits per heavy atom. The van der Waals surface area contributed by atoms with E-state index in [1.165, 1.54) is 5.56 Å². The summed E-state index contributed by atoms with van der Waals surface area (Å²) >= 11 is 0. The van der Waals surface area contributed by atoms with E-state index in [1.807, 2.05) is 6.07 Å². The maximum Gasteiger partial charge on any atom is 0.231 e. The van der Waals surface area contributed by atoms with Gasteiger partial charge in [-0.1, -0.05) is 26.8 Å². The Hall–Kier alpha value is -1.26. The van der Waals surface area contributed by atoms with Gasteiger partial charge in [0.2, 0.25) is 6.79 Å². The van der Waals surface area contributed by atoms with Gasteiger partial charge in [-0.3, -0.25) is 0 Å². The number of benzene rings is 1. The van der Waals surface area contributed by atoms with Gasteiger partial charge in [-0.25, -0.2) is 0 Å². The first kappa shape index (κ1) is 15.1. The van der Waals surface area contributed by atoms with E-state index in [9.17, 15) is 0 Å². The smallest absolute Gasteiger partial charge is 0.231 e. The molecule has 4 heteroatoms. The minimum atomic E-state index is 0.0831. The second-order valence-corrected chi connectivity index (χ2v) is 5.84. The Balaban J connectivity index is 2.08. The summed E-state index contributed by atoms with van der Waals surface area (Å²) < 4.78 is 10.8. The molecule has 1 aliphatic heterocycles. The molecule has 2 N–H and O–H groups in total. The van der Waals surface area contributed by atoms with Crippen LogP contribution < -0.4 is 15.2 Å². The first-order valence-corrected chi connectivity index (χ1v) is 7.41. The first-order valence-electron chi connectivity index (χ1n) is 7.41. The number of rotatable bonds is 7. The SMILES string of the molecule is CCN(CC)CC(C)(CN)Cc1ccc2c(c1)OCO2. The first-order chi connectivity index (χ1) is 9.60. The fraction of sp³-hybridized carbons (Fsp3) is 0.625. The van der Waals surface area contributed by atoms with Gasteiger partial charge in [0.25, 0.3) is 0 Å². The second-order valence-electron chi connectivity index (χ2n) is 5.84. The Labute approximate surface area is 121 Å². The van der Waals surface area contributed by atoms with Crippen molar-refractivity contribution < 1.29 is 9.47 Å². The van der Waals surface area contributed by atoms with Crippen LogP contribution in [0.5, 0.6) is 11.5 Å². The molecule has 1 unspecified atom stereocenters. The number of hydrogen-bond donors (Lipinski definition) is 1. The van der Waals surface area contributed by atoms with E-state index in [4.69, 9.17) is 15.2 Å². The van der Waals surface area contributed by atoms with Crippen LogP contribution >= 0.6 is 0 Å². The fourth-order valence-corrected chi connectivity index (χ4v) is 2.72. The number of nitrogens with zero attached hydrogens (tertiary/aromatic N) is 1. The number of fused-ring (bicyclic) bond motifs is 1. The van der Waals surface area contributed by atoms with Crippen molar-refractivity contribution in [3.63, 3.8) is 0 Å². The van der Waals surface area contributed by atoms with Gasteiger partial charge in [0, 0.05) is 6.54 Å². The predicted octanol–water partition coefficient (Wildman–Crippen LogP) is 2.26. The maximum atomic E-state index is 6.04. The lowest BCUT2D eigenvalue weighted by Gasteiger charge is -2.34. The van der Waals surface area contributed by atoms with E-state index in [0.717, 1.165) is 37.6 Å². The van der Waals surface area contributed by atoms with Crippen LogP contribution in [0, 0.1) is 5.41 Å². The van der Waals surface area contributed by atoms with Crippen molar-refractivity contribution in [2.24, 2.45) is 11.1 Å². The van der Waals surface area contributed by atoms with Crippen molar-refractivity contribution in [3.8, 4) is 11.5 Å². The zero-order valence-electron chi connectivity index (χ0n) is 12.8. The normalized spacial score (nSPS) is 16.4. The molecule has 0 bridgehead atoms. The molecule has 0 amide bonds. The van der Waals surface area contributed by atoms with Crippen LogP contribution in [0.4, 0.5) is 0 Å². The summed E-state index contributed by atoms with van der Waals surface area (Å²) in [6.45, 7) is 10.8. The van der Waals surface area contributed by atoms with Gasteiger partial charge in [0.1, 0.15) is 0 Å². The number of hydrogen-bond acceptors (Lipinski definition) is 4. The summed E-state index contributed by atoms with van der Waals surface area (Å²) in [5, 5.41) is 0. The van der Waals surface area contributed by atoms with Crippen molar-refractivity contribution in [2.45, 2.75) is 27.2 Å². The molecule has 1 aliphatic rings. The van der Waals surface area contributed by atoms with E-state index in [-0.39, 0.29) is 5.41 Å². The topological polar surface area (TPSA) is 47.7 Å². The summed E-state index contributed by atoms with van der Waals surface area (Å²) in [6.07, 6.45) is 0.955. The quantitative estimate of drug-likeness (QED) is 0.831. The van der Waals surface area contributed by atoms with Crippen molar-refractivity contribution in [1.82, 2.24) is 4.90 Å². The molecular weight excluding hydrogens is 252 g/mol. The fourth-order valence-electron chi connectivity index (χ4n) is 2.72. The molecule has 1 heterocycles. The van der Waals surface area contributed by atoms with Gasteiger partial charge < -0.3 is 20.1 Å². The summed E-state index contributed by atoms with van der Waals surface area (Å²) in [5.41, 5.74) is 7.38. The molecule has 0 radical (unpaired) electrons. The zero-order chi connectivity index (χ0) is 14.6. The van der Waals surface area contributed by atoms with Crippen molar-refractivity contribution in [3.05, 3.63) is 23.8 Å². The maximum absolute atomic E-state index is 6.04. The molecule has 112 valence electrons. The van der Waals surface area contributed by atoms with E-state index in [1.54, 1.807) is 0 Å². The van der Waals surface area contributed by atoms with Crippen LogP contribution in [0.25, 0.3) is 0 Å². The molecule has 20 heavy (non-hydrogen) atoms. The Morgan fingerprint density at radius 3 is 2.55 bits per heavy atom. The Kier molecular flexibility index (Phi) is 4.89. The molecule has 0 aliphatic carbocycles. The van der Waals surface area contributed by atoms with Gasteiger partial charge in [0.15, 0.2) is 11.5 Å². The van der Waals surface area contributed by atoms with Gasteiger partial charge in [0.05, 0.1) is 0 Å². The van der Waals surface area contributed by atoms with Gasteiger partial charge in [-0.15, -0.1) is 0 Å². The monoisotopic (exact) mass is 278 g/mol. The van der Waals surface area contributed by atoms with E-state index < -0.39 is 0 Å². The highest BCUT2D eigenvalue weighted by atomic mass is 16.7. The third kappa shape index (κ3) is 3.44. The zero-order valence-corrected chi connectivity index (χ0v) is 12.8. The lowest BCUT2D eigenvalue weighted by Crippen LogP contribution is -2.42. The molecule has 4 nitrogen and oxygen atoms in total. The summed E-state index contributed by atoms with van der Waals surface area (Å²) in [7, 11) is 0. The molecule has 0 spiro atoms.